The first-order chi connectivity index (χ1) is 16.2. The summed E-state index contributed by atoms with van der Waals surface area (Å²) in [6.07, 6.45) is 7.27. The Kier molecular flexibility index (Phi) is 7.70. The number of nitrogens with one attached hydrogen (secondary N) is 1. The van der Waals surface area contributed by atoms with Crippen LogP contribution in [0.3, 0.4) is 0 Å². The van der Waals surface area contributed by atoms with E-state index in [1.807, 2.05) is 42.5 Å². The first kappa shape index (κ1) is 23.0. The molecule has 1 aliphatic carbocycles. The van der Waals surface area contributed by atoms with E-state index >= 15 is 0 Å². The number of hydrogen-bond acceptors (Lipinski definition) is 5. The Morgan fingerprint density at radius 2 is 1.97 bits per heavy atom. The number of carbonyl (C=O) groups excluding carboxylic acids is 1. The number of benzene rings is 2. The molecule has 1 aromatic heterocycles. The van der Waals surface area contributed by atoms with Gasteiger partial charge in [-0.05, 0) is 42.5 Å². The third-order valence-electron chi connectivity index (χ3n) is 5.78. The Bertz CT molecular complexity index is 1120. The van der Waals surface area contributed by atoms with Crippen molar-refractivity contribution < 1.29 is 4.79 Å². The van der Waals surface area contributed by atoms with Crippen LogP contribution < -0.4 is 16.0 Å². The maximum atomic E-state index is 12.6. The molecule has 1 amide bonds. The van der Waals surface area contributed by atoms with Gasteiger partial charge in [0.05, 0.1) is 5.69 Å². The molecule has 0 saturated carbocycles. The molecule has 4 rings (SSSR count). The minimum atomic E-state index is -0.0430. The van der Waals surface area contributed by atoms with E-state index in [1.54, 1.807) is 11.3 Å². The van der Waals surface area contributed by atoms with Crippen LogP contribution in [0.5, 0.6) is 0 Å². The van der Waals surface area contributed by atoms with Gasteiger partial charge >= 0.3 is 0 Å². The Morgan fingerprint density at radius 3 is 2.70 bits per heavy atom. The first-order valence-corrected chi connectivity index (χ1v) is 12.2. The van der Waals surface area contributed by atoms with Crippen LogP contribution >= 0.6 is 11.3 Å². The zero-order chi connectivity index (χ0) is 23.0. The summed E-state index contributed by atoms with van der Waals surface area (Å²) in [5.74, 6) is 0.257. The van der Waals surface area contributed by atoms with E-state index in [0.29, 0.717) is 24.6 Å². The van der Waals surface area contributed by atoms with Crippen molar-refractivity contribution in [1.82, 2.24) is 10.3 Å². The summed E-state index contributed by atoms with van der Waals surface area (Å²) in [6, 6.07) is 18.1. The molecular formula is C27H30N4OS. The molecule has 2 aromatic carbocycles. The highest BCUT2D eigenvalue weighted by Crippen LogP contribution is 2.28. The summed E-state index contributed by atoms with van der Waals surface area (Å²) in [5.41, 5.74) is 10.8. The van der Waals surface area contributed by atoms with Crippen molar-refractivity contribution in [1.29, 1.82) is 0 Å². The zero-order valence-corrected chi connectivity index (χ0v) is 19.7. The molecule has 6 heteroatoms. The molecule has 1 aliphatic rings. The second-order valence-corrected chi connectivity index (χ2v) is 8.98. The normalized spacial score (nSPS) is 15.2. The highest BCUT2D eigenvalue weighted by atomic mass is 32.1. The lowest BCUT2D eigenvalue weighted by molar-refractivity contribution is 0.0949. The van der Waals surface area contributed by atoms with Gasteiger partial charge in [-0.3, -0.25) is 4.79 Å². The standard InChI is InChI=1S/C27H30N4OS/c1-2-31(27-30-25(19-33-27)23-9-4-3-5-10-23)18-20-11-13-24(14-12-20)26(32)29-17-22-8-6-7-21(15-22)16-28/h3-7,9-15,19,22H,2,8,16-18,28H2,1H3,(H,29,32). The molecular weight excluding hydrogens is 428 g/mol. The maximum Gasteiger partial charge on any atom is 0.251 e. The van der Waals surface area contributed by atoms with Crippen LogP contribution in [0.4, 0.5) is 5.13 Å². The lowest BCUT2D eigenvalue weighted by Gasteiger charge is -2.20. The third kappa shape index (κ3) is 5.97. The van der Waals surface area contributed by atoms with Crippen LogP contribution in [0.15, 0.2) is 83.8 Å². The molecule has 3 N–H and O–H groups in total. The summed E-state index contributed by atoms with van der Waals surface area (Å²) in [4.78, 5) is 19.7. The number of allylic oxidation sites excluding steroid dienone is 1. The molecule has 0 spiro atoms. The van der Waals surface area contributed by atoms with Gasteiger partial charge in [-0.1, -0.05) is 60.7 Å². The largest absolute Gasteiger partial charge is 0.351 e. The molecule has 170 valence electrons. The third-order valence-corrected chi connectivity index (χ3v) is 6.69. The van der Waals surface area contributed by atoms with E-state index in [4.69, 9.17) is 10.7 Å². The van der Waals surface area contributed by atoms with E-state index in [1.165, 1.54) is 0 Å². The van der Waals surface area contributed by atoms with Gasteiger partial charge in [0, 0.05) is 42.7 Å². The highest BCUT2D eigenvalue weighted by Gasteiger charge is 2.14. The summed E-state index contributed by atoms with van der Waals surface area (Å²) in [7, 11) is 0. The summed E-state index contributed by atoms with van der Waals surface area (Å²) >= 11 is 1.66. The van der Waals surface area contributed by atoms with Crippen molar-refractivity contribution in [2.75, 3.05) is 24.5 Å². The second kappa shape index (κ2) is 11.1. The number of nitrogens with zero attached hydrogens (tertiary/aromatic N) is 2. The van der Waals surface area contributed by atoms with Gasteiger partial charge in [-0.15, -0.1) is 11.3 Å². The second-order valence-electron chi connectivity index (χ2n) is 8.15. The van der Waals surface area contributed by atoms with Crippen LogP contribution in [-0.2, 0) is 6.54 Å². The Hall–Kier alpha value is -3.22. The minimum absolute atomic E-state index is 0.0430. The van der Waals surface area contributed by atoms with E-state index < -0.39 is 0 Å². The average molecular weight is 459 g/mol. The van der Waals surface area contributed by atoms with Crippen molar-refractivity contribution in [3.05, 3.63) is 94.9 Å². The van der Waals surface area contributed by atoms with E-state index in [2.05, 4.69) is 52.9 Å². The first-order valence-electron chi connectivity index (χ1n) is 11.4. The number of thiazole rings is 1. The number of nitrogens with two attached hydrogens (primary N) is 1. The van der Waals surface area contributed by atoms with Crippen molar-refractivity contribution in [3.8, 4) is 11.3 Å². The van der Waals surface area contributed by atoms with Crippen molar-refractivity contribution in [2.24, 2.45) is 11.7 Å². The van der Waals surface area contributed by atoms with Gasteiger partial charge in [0.25, 0.3) is 5.91 Å². The van der Waals surface area contributed by atoms with Gasteiger partial charge in [0.1, 0.15) is 0 Å². The lowest BCUT2D eigenvalue weighted by atomic mass is 9.96. The summed E-state index contributed by atoms with van der Waals surface area (Å²) in [6.45, 7) is 4.90. The number of hydrogen-bond donors (Lipinski definition) is 2. The SMILES string of the molecule is CCN(Cc1ccc(C(=O)NCC2C=C(CN)C=CC2)cc1)c1nc(-c2ccccc2)cs1. The smallest absolute Gasteiger partial charge is 0.251 e. The predicted molar refractivity (Wildman–Crippen MR) is 137 cm³/mol. The van der Waals surface area contributed by atoms with E-state index in [9.17, 15) is 4.79 Å². The molecule has 0 radical (unpaired) electrons. The number of amides is 1. The molecule has 3 aromatic rings. The van der Waals surface area contributed by atoms with Crippen LogP contribution in [-0.4, -0.2) is 30.5 Å². The fraction of sp³-hybridized carbons (Fsp3) is 0.259. The number of carbonyl (C=O) groups is 1. The fourth-order valence-electron chi connectivity index (χ4n) is 3.87. The molecule has 0 saturated heterocycles. The van der Waals surface area contributed by atoms with Gasteiger partial charge in [0.15, 0.2) is 5.13 Å². The molecule has 0 fully saturated rings. The molecule has 0 aliphatic heterocycles. The summed E-state index contributed by atoms with van der Waals surface area (Å²) < 4.78 is 0. The van der Waals surface area contributed by atoms with Gasteiger partial charge in [-0.25, -0.2) is 4.98 Å². The van der Waals surface area contributed by atoms with Gasteiger partial charge in [-0.2, -0.15) is 0 Å². The zero-order valence-electron chi connectivity index (χ0n) is 18.9. The van der Waals surface area contributed by atoms with Gasteiger partial charge < -0.3 is 16.0 Å². The Labute approximate surface area is 199 Å². The lowest BCUT2D eigenvalue weighted by Crippen LogP contribution is -2.29. The van der Waals surface area contributed by atoms with Crippen molar-refractivity contribution >= 4 is 22.4 Å². The average Bonchev–Trinajstić information content (AvgIpc) is 3.37. The van der Waals surface area contributed by atoms with Crippen LogP contribution in [0.25, 0.3) is 11.3 Å². The van der Waals surface area contributed by atoms with Gasteiger partial charge in [0.2, 0.25) is 0 Å². The molecule has 5 nitrogen and oxygen atoms in total. The van der Waals surface area contributed by atoms with Crippen LogP contribution in [0.1, 0.15) is 29.3 Å². The minimum Gasteiger partial charge on any atom is -0.351 e. The molecule has 33 heavy (non-hydrogen) atoms. The van der Waals surface area contributed by atoms with Crippen LogP contribution in [0.2, 0.25) is 0 Å². The highest BCUT2D eigenvalue weighted by molar-refractivity contribution is 7.14. The van der Waals surface area contributed by atoms with E-state index in [0.717, 1.165) is 47.0 Å². The van der Waals surface area contributed by atoms with Crippen molar-refractivity contribution in [2.45, 2.75) is 19.9 Å². The number of aromatic nitrogens is 1. The number of anilines is 1. The topological polar surface area (TPSA) is 71.2 Å². The van der Waals surface area contributed by atoms with Crippen molar-refractivity contribution in [3.63, 3.8) is 0 Å². The maximum absolute atomic E-state index is 12.6. The quantitative estimate of drug-likeness (QED) is 0.472. The van der Waals surface area contributed by atoms with Crippen LogP contribution in [0, 0.1) is 5.92 Å². The predicted octanol–water partition coefficient (Wildman–Crippen LogP) is 5.03. The molecule has 0 bridgehead atoms. The molecule has 1 unspecified atom stereocenters. The summed E-state index contributed by atoms with van der Waals surface area (Å²) in [5, 5.41) is 6.16. The van der Waals surface area contributed by atoms with E-state index in [-0.39, 0.29) is 5.91 Å². The monoisotopic (exact) mass is 458 g/mol. The Balaban J connectivity index is 1.34. The fourth-order valence-corrected chi connectivity index (χ4v) is 4.77. The Morgan fingerprint density at radius 1 is 1.18 bits per heavy atom. The molecule has 1 heterocycles. The molecule has 1 atom stereocenters. The number of rotatable bonds is 9.